The largest absolute Gasteiger partial charge is 0.416 e. The lowest BCUT2D eigenvalue weighted by atomic mass is 10.1. The van der Waals surface area contributed by atoms with Gasteiger partial charge in [-0.3, -0.25) is 4.90 Å². The first-order chi connectivity index (χ1) is 14.8. The summed E-state index contributed by atoms with van der Waals surface area (Å²) >= 11 is 0. The molecule has 0 atom stereocenters. The lowest BCUT2D eigenvalue weighted by Crippen LogP contribution is -2.26. The fourth-order valence-electron chi connectivity index (χ4n) is 3.51. The summed E-state index contributed by atoms with van der Waals surface area (Å²) in [5.41, 5.74) is 1.99. The zero-order valence-corrected chi connectivity index (χ0v) is 17.4. The van der Waals surface area contributed by atoms with Gasteiger partial charge < -0.3 is 9.30 Å². The summed E-state index contributed by atoms with van der Waals surface area (Å²) < 4.78 is 59.7. The van der Waals surface area contributed by atoms with E-state index >= 15 is 0 Å². The predicted octanol–water partition coefficient (Wildman–Crippen LogP) is 5.73. The predicted molar refractivity (Wildman–Crippen MR) is 112 cm³/mol. The lowest BCUT2D eigenvalue weighted by molar-refractivity contribution is -0.137. The Labute approximate surface area is 179 Å². The van der Waals surface area contributed by atoms with Crippen molar-refractivity contribution in [3.8, 4) is 0 Å². The van der Waals surface area contributed by atoms with Crippen molar-refractivity contribution in [2.24, 2.45) is 0 Å². The van der Waals surface area contributed by atoms with Crippen molar-refractivity contribution in [2.75, 3.05) is 20.3 Å². The number of halogens is 4. The Morgan fingerprint density at radius 1 is 0.935 bits per heavy atom. The third kappa shape index (κ3) is 6.94. The minimum absolute atomic E-state index is 0.276. The average molecular weight is 434 g/mol. The normalized spacial score (nSPS) is 11.9. The van der Waals surface area contributed by atoms with Crippen molar-refractivity contribution in [2.45, 2.75) is 32.2 Å². The molecule has 0 fully saturated rings. The average Bonchev–Trinajstić information content (AvgIpc) is 3.16. The molecule has 0 N–H and O–H groups in total. The topological polar surface area (TPSA) is 17.4 Å². The fraction of sp³-hybridized carbons (Fsp3) is 0.333. The Balaban J connectivity index is 1.74. The smallest absolute Gasteiger partial charge is 0.385 e. The van der Waals surface area contributed by atoms with E-state index in [4.69, 9.17) is 4.74 Å². The molecule has 0 spiro atoms. The number of aromatic nitrogens is 1. The van der Waals surface area contributed by atoms with E-state index in [0.717, 1.165) is 23.7 Å². The van der Waals surface area contributed by atoms with Crippen LogP contribution in [0.15, 0.2) is 66.9 Å². The van der Waals surface area contributed by atoms with Crippen molar-refractivity contribution >= 4 is 0 Å². The highest BCUT2D eigenvalue weighted by Gasteiger charge is 2.30. The molecule has 7 heteroatoms. The summed E-state index contributed by atoms with van der Waals surface area (Å²) in [6.07, 6.45) is -1.63. The molecule has 0 aliphatic heterocycles. The van der Waals surface area contributed by atoms with Gasteiger partial charge in [0.25, 0.3) is 0 Å². The molecule has 31 heavy (non-hydrogen) atoms. The number of hydrogen-bond acceptors (Lipinski definition) is 2. The van der Waals surface area contributed by atoms with Gasteiger partial charge in [-0.05, 0) is 47.9 Å². The first kappa shape index (κ1) is 23.0. The van der Waals surface area contributed by atoms with Gasteiger partial charge in [0.2, 0.25) is 0 Å². The summed E-state index contributed by atoms with van der Waals surface area (Å²) in [7, 11) is 1.63. The third-order valence-corrected chi connectivity index (χ3v) is 5.06. The van der Waals surface area contributed by atoms with Crippen LogP contribution >= 0.6 is 0 Å². The second-order valence-corrected chi connectivity index (χ2v) is 7.51. The molecule has 0 amide bonds. The Morgan fingerprint density at radius 2 is 1.71 bits per heavy atom. The number of nitrogens with zero attached hydrogens (tertiary/aromatic N) is 2. The Morgan fingerprint density at radius 3 is 2.42 bits per heavy atom. The molecule has 166 valence electrons. The van der Waals surface area contributed by atoms with E-state index in [1.165, 1.54) is 24.3 Å². The third-order valence-electron chi connectivity index (χ3n) is 5.06. The van der Waals surface area contributed by atoms with E-state index in [-0.39, 0.29) is 5.82 Å². The second-order valence-electron chi connectivity index (χ2n) is 7.51. The summed E-state index contributed by atoms with van der Waals surface area (Å²) in [4.78, 5) is 2.12. The minimum atomic E-state index is -4.36. The quantitative estimate of drug-likeness (QED) is 0.299. The van der Waals surface area contributed by atoms with Gasteiger partial charge in [0.05, 0.1) is 5.56 Å². The van der Waals surface area contributed by atoms with Crippen LogP contribution < -0.4 is 0 Å². The molecular weight excluding hydrogens is 408 g/mol. The molecule has 0 saturated carbocycles. The van der Waals surface area contributed by atoms with Crippen LogP contribution in [0.4, 0.5) is 17.6 Å². The maximum absolute atomic E-state index is 13.2. The van der Waals surface area contributed by atoms with Crippen molar-refractivity contribution < 1.29 is 22.3 Å². The maximum atomic E-state index is 13.2. The number of methoxy groups -OCH3 is 1. The molecule has 0 aliphatic carbocycles. The molecule has 2 aromatic carbocycles. The highest BCUT2D eigenvalue weighted by molar-refractivity contribution is 5.26. The molecule has 1 aromatic heterocycles. The van der Waals surface area contributed by atoms with Crippen LogP contribution in [0.5, 0.6) is 0 Å². The zero-order chi connectivity index (χ0) is 22.3. The number of alkyl halides is 3. The van der Waals surface area contributed by atoms with E-state index in [1.54, 1.807) is 25.3 Å². The summed E-state index contributed by atoms with van der Waals surface area (Å²) in [5.74, 6) is -0.276. The van der Waals surface area contributed by atoms with Gasteiger partial charge in [0, 0.05) is 51.8 Å². The van der Waals surface area contributed by atoms with Crippen LogP contribution in [-0.2, 0) is 30.5 Å². The van der Waals surface area contributed by atoms with E-state index in [0.29, 0.717) is 38.3 Å². The standard InChI is InChI=1S/C24H26F4N2O/c1-31-14-4-12-29(16-20-5-2-6-21(15-20)24(26,27)28)18-23-7-3-13-30(23)17-19-8-10-22(25)11-9-19/h2-3,5-11,13,15H,4,12,14,16-18H2,1H3. The van der Waals surface area contributed by atoms with Gasteiger partial charge in [-0.1, -0.05) is 30.3 Å². The molecule has 0 aliphatic rings. The van der Waals surface area contributed by atoms with Crippen molar-refractivity contribution in [3.63, 3.8) is 0 Å². The Bertz CT molecular complexity index is 951. The van der Waals surface area contributed by atoms with Crippen LogP contribution in [0, 0.1) is 5.82 Å². The van der Waals surface area contributed by atoms with Gasteiger partial charge in [-0.15, -0.1) is 0 Å². The Hall–Kier alpha value is -2.64. The van der Waals surface area contributed by atoms with E-state index in [2.05, 4.69) is 9.47 Å². The van der Waals surface area contributed by atoms with Crippen molar-refractivity contribution in [1.82, 2.24) is 9.47 Å². The lowest BCUT2D eigenvalue weighted by Gasteiger charge is -2.24. The number of ether oxygens (including phenoxy) is 1. The molecule has 1 heterocycles. The molecular formula is C24H26F4N2O. The van der Waals surface area contributed by atoms with Gasteiger partial charge >= 0.3 is 6.18 Å². The molecule has 0 bridgehead atoms. The zero-order valence-electron chi connectivity index (χ0n) is 17.4. The van der Waals surface area contributed by atoms with E-state index < -0.39 is 11.7 Å². The van der Waals surface area contributed by atoms with Crippen LogP contribution in [0.25, 0.3) is 0 Å². The van der Waals surface area contributed by atoms with Gasteiger partial charge in [0.15, 0.2) is 0 Å². The van der Waals surface area contributed by atoms with Crippen molar-refractivity contribution in [3.05, 3.63) is 95.1 Å². The molecule has 3 rings (SSSR count). The monoisotopic (exact) mass is 434 g/mol. The van der Waals surface area contributed by atoms with Crippen LogP contribution in [0.3, 0.4) is 0 Å². The fourth-order valence-corrected chi connectivity index (χ4v) is 3.51. The van der Waals surface area contributed by atoms with Crippen LogP contribution in [-0.4, -0.2) is 29.7 Å². The van der Waals surface area contributed by atoms with Crippen LogP contribution in [0.1, 0.15) is 28.8 Å². The Kier molecular flexibility index (Phi) is 7.87. The first-order valence-corrected chi connectivity index (χ1v) is 10.1. The molecule has 3 aromatic rings. The van der Waals surface area contributed by atoms with Gasteiger partial charge in [-0.25, -0.2) is 4.39 Å². The molecule has 0 radical (unpaired) electrons. The minimum Gasteiger partial charge on any atom is -0.385 e. The summed E-state index contributed by atoms with van der Waals surface area (Å²) in [6, 6.07) is 15.8. The second kappa shape index (κ2) is 10.6. The number of rotatable bonds is 10. The number of hydrogen-bond donors (Lipinski definition) is 0. The molecule has 3 nitrogen and oxygen atoms in total. The SMILES string of the molecule is COCCCN(Cc1cccc(C(F)(F)F)c1)Cc1cccn1Cc1ccc(F)cc1. The van der Waals surface area contributed by atoms with Gasteiger partial charge in [-0.2, -0.15) is 13.2 Å². The number of benzene rings is 2. The molecule has 0 unspecified atom stereocenters. The first-order valence-electron chi connectivity index (χ1n) is 10.1. The van der Waals surface area contributed by atoms with E-state index in [1.807, 2.05) is 18.3 Å². The maximum Gasteiger partial charge on any atom is 0.416 e. The van der Waals surface area contributed by atoms with E-state index in [9.17, 15) is 17.6 Å². The summed E-state index contributed by atoms with van der Waals surface area (Å²) in [6.45, 7) is 2.84. The van der Waals surface area contributed by atoms with Gasteiger partial charge in [0.1, 0.15) is 5.82 Å². The summed E-state index contributed by atoms with van der Waals surface area (Å²) in [5, 5.41) is 0. The highest BCUT2D eigenvalue weighted by Crippen LogP contribution is 2.30. The van der Waals surface area contributed by atoms with Crippen LogP contribution in [0.2, 0.25) is 0 Å². The highest BCUT2D eigenvalue weighted by atomic mass is 19.4. The van der Waals surface area contributed by atoms with Crippen molar-refractivity contribution in [1.29, 1.82) is 0 Å². The molecule has 0 saturated heterocycles.